The first-order chi connectivity index (χ1) is 10.3. The van der Waals surface area contributed by atoms with Gasteiger partial charge in [-0.25, -0.2) is 4.79 Å². The molecule has 3 rings (SSSR count). The van der Waals surface area contributed by atoms with Gasteiger partial charge in [-0.1, -0.05) is 30.3 Å². The van der Waals surface area contributed by atoms with Crippen LogP contribution in [0, 0.1) is 0 Å². The number of rotatable bonds is 4. The number of carbonyl (C=O) groups is 1. The van der Waals surface area contributed by atoms with Crippen LogP contribution in [-0.2, 0) is 0 Å². The molecule has 0 saturated carbocycles. The quantitative estimate of drug-likeness (QED) is 0.866. The smallest absolute Gasteiger partial charge is 0.336 e. The molecule has 0 radical (unpaired) electrons. The molecule has 1 atom stereocenters. The standard InChI is InChI=1S/C17H16O3S/c18-17(19)14-6-2-4-8-16(14)21-11-12-9-10-20-15-7-3-1-5-13(12)15/h1-8,12H,9-11H2,(H,18,19). The number of benzene rings is 2. The van der Waals surface area contributed by atoms with Crippen LogP contribution in [0.15, 0.2) is 53.4 Å². The number of carboxylic acid groups (broad SMARTS) is 1. The zero-order chi connectivity index (χ0) is 14.7. The van der Waals surface area contributed by atoms with Gasteiger partial charge in [0.2, 0.25) is 0 Å². The van der Waals surface area contributed by atoms with E-state index in [1.54, 1.807) is 23.9 Å². The average Bonchev–Trinajstić information content (AvgIpc) is 2.53. The number of hydrogen-bond donors (Lipinski definition) is 1. The van der Waals surface area contributed by atoms with E-state index in [1.165, 1.54) is 5.56 Å². The highest BCUT2D eigenvalue weighted by Crippen LogP contribution is 2.37. The maximum absolute atomic E-state index is 11.2. The van der Waals surface area contributed by atoms with Crippen molar-refractivity contribution in [2.24, 2.45) is 0 Å². The molecule has 0 spiro atoms. The van der Waals surface area contributed by atoms with Gasteiger partial charge in [-0.3, -0.25) is 0 Å². The monoisotopic (exact) mass is 300 g/mol. The third-order valence-corrected chi connectivity index (χ3v) is 4.88. The van der Waals surface area contributed by atoms with Crippen molar-refractivity contribution in [3.63, 3.8) is 0 Å². The van der Waals surface area contributed by atoms with E-state index in [-0.39, 0.29) is 0 Å². The molecule has 0 fully saturated rings. The molecule has 21 heavy (non-hydrogen) atoms. The first kappa shape index (κ1) is 14.0. The Morgan fingerprint density at radius 3 is 2.81 bits per heavy atom. The summed E-state index contributed by atoms with van der Waals surface area (Å²) < 4.78 is 5.66. The maximum Gasteiger partial charge on any atom is 0.336 e. The Labute approximate surface area is 127 Å². The second-order valence-corrected chi connectivity index (χ2v) is 6.05. The van der Waals surface area contributed by atoms with Crippen molar-refractivity contribution >= 4 is 17.7 Å². The summed E-state index contributed by atoms with van der Waals surface area (Å²) in [5, 5.41) is 9.23. The summed E-state index contributed by atoms with van der Waals surface area (Å²) in [6.07, 6.45) is 0.971. The van der Waals surface area contributed by atoms with Gasteiger partial charge in [0.25, 0.3) is 0 Å². The number of para-hydroxylation sites is 1. The zero-order valence-corrected chi connectivity index (χ0v) is 12.3. The summed E-state index contributed by atoms with van der Waals surface area (Å²) in [6, 6.07) is 15.3. The second-order valence-electron chi connectivity index (χ2n) is 4.98. The van der Waals surface area contributed by atoms with Crippen LogP contribution in [0.3, 0.4) is 0 Å². The van der Waals surface area contributed by atoms with Crippen molar-refractivity contribution in [1.82, 2.24) is 0 Å². The van der Waals surface area contributed by atoms with E-state index in [9.17, 15) is 9.90 Å². The summed E-state index contributed by atoms with van der Waals surface area (Å²) >= 11 is 1.61. The number of aromatic carboxylic acids is 1. The summed E-state index contributed by atoms with van der Waals surface area (Å²) in [4.78, 5) is 12.1. The lowest BCUT2D eigenvalue weighted by Crippen LogP contribution is -2.15. The molecule has 1 aliphatic rings. The summed E-state index contributed by atoms with van der Waals surface area (Å²) in [5.74, 6) is 1.36. The van der Waals surface area contributed by atoms with Gasteiger partial charge in [-0.2, -0.15) is 0 Å². The van der Waals surface area contributed by atoms with E-state index in [0.717, 1.165) is 29.4 Å². The average molecular weight is 300 g/mol. The van der Waals surface area contributed by atoms with Gasteiger partial charge in [0.05, 0.1) is 12.2 Å². The lowest BCUT2D eigenvalue weighted by molar-refractivity contribution is 0.0693. The van der Waals surface area contributed by atoms with Crippen molar-refractivity contribution < 1.29 is 14.6 Å². The molecule has 1 heterocycles. The predicted molar refractivity (Wildman–Crippen MR) is 83.4 cm³/mol. The Morgan fingerprint density at radius 1 is 1.19 bits per heavy atom. The molecule has 1 unspecified atom stereocenters. The van der Waals surface area contributed by atoms with Crippen LogP contribution in [0.4, 0.5) is 0 Å². The Balaban J connectivity index is 1.76. The van der Waals surface area contributed by atoms with Gasteiger partial charge < -0.3 is 9.84 Å². The third kappa shape index (κ3) is 3.05. The summed E-state index contributed by atoms with van der Waals surface area (Å²) in [7, 11) is 0. The molecule has 1 N–H and O–H groups in total. The van der Waals surface area contributed by atoms with Crippen molar-refractivity contribution in [3.8, 4) is 5.75 Å². The Hall–Kier alpha value is -1.94. The lowest BCUT2D eigenvalue weighted by Gasteiger charge is -2.25. The van der Waals surface area contributed by atoms with Gasteiger partial charge in [0.15, 0.2) is 0 Å². The molecular formula is C17H16O3S. The van der Waals surface area contributed by atoms with Crippen LogP contribution in [-0.4, -0.2) is 23.4 Å². The van der Waals surface area contributed by atoms with Crippen LogP contribution in [0.25, 0.3) is 0 Å². The third-order valence-electron chi connectivity index (χ3n) is 3.64. The predicted octanol–water partition coefficient (Wildman–Crippen LogP) is 4.04. The highest BCUT2D eigenvalue weighted by atomic mass is 32.2. The molecule has 1 aliphatic heterocycles. The number of hydrogen-bond acceptors (Lipinski definition) is 3. The highest BCUT2D eigenvalue weighted by Gasteiger charge is 2.21. The van der Waals surface area contributed by atoms with Crippen LogP contribution in [0.5, 0.6) is 5.75 Å². The largest absolute Gasteiger partial charge is 0.493 e. The van der Waals surface area contributed by atoms with E-state index in [0.29, 0.717) is 11.5 Å². The summed E-state index contributed by atoms with van der Waals surface area (Å²) in [5.41, 5.74) is 1.60. The van der Waals surface area contributed by atoms with Crippen LogP contribution in [0.1, 0.15) is 28.3 Å². The number of thioether (sulfide) groups is 1. The van der Waals surface area contributed by atoms with E-state index in [1.807, 2.05) is 30.3 Å². The van der Waals surface area contributed by atoms with E-state index in [2.05, 4.69) is 6.07 Å². The zero-order valence-electron chi connectivity index (χ0n) is 11.5. The van der Waals surface area contributed by atoms with Gasteiger partial charge in [-0.05, 0) is 30.2 Å². The summed E-state index contributed by atoms with van der Waals surface area (Å²) in [6.45, 7) is 0.725. The van der Waals surface area contributed by atoms with Crippen LogP contribution >= 0.6 is 11.8 Å². The SMILES string of the molecule is O=C(O)c1ccccc1SCC1CCOc2ccccc21. The second kappa shape index (κ2) is 6.22. The Morgan fingerprint density at radius 2 is 1.95 bits per heavy atom. The number of carboxylic acids is 1. The van der Waals surface area contributed by atoms with Crippen molar-refractivity contribution in [2.75, 3.05) is 12.4 Å². The molecular weight excluding hydrogens is 284 g/mol. The number of ether oxygens (including phenoxy) is 1. The molecule has 4 heteroatoms. The van der Waals surface area contributed by atoms with Gasteiger partial charge in [0.1, 0.15) is 5.75 Å². The molecule has 0 bridgehead atoms. The van der Waals surface area contributed by atoms with E-state index >= 15 is 0 Å². The topological polar surface area (TPSA) is 46.5 Å². The minimum Gasteiger partial charge on any atom is -0.493 e. The fourth-order valence-electron chi connectivity index (χ4n) is 2.55. The first-order valence-electron chi connectivity index (χ1n) is 6.92. The van der Waals surface area contributed by atoms with Crippen molar-refractivity contribution in [1.29, 1.82) is 0 Å². The number of fused-ring (bicyclic) bond motifs is 1. The normalized spacial score (nSPS) is 16.9. The fourth-order valence-corrected chi connectivity index (χ4v) is 3.76. The Bertz CT molecular complexity index is 654. The molecule has 0 aromatic heterocycles. The molecule has 108 valence electrons. The molecule has 0 aliphatic carbocycles. The first-order valence-corrected chi connectivity index (χ1v) is 7.91. The van der Waals surface area contributed by atoms with E-state index in [4.69, 9.17) is 4.74 Å². The minimum atomic E-state index is -0.870. The lowest BCUT2D eigenvalue weighted by atomic mass is 9.95. The maximum atomic E-state index is 11.2. The van der Waals surface area contributed by atoms with Crippen LogP contribution < -0.4 is 4.74 Å². The molecule has 0 amide bonds. The molecule has 2 aromatic rings. The van der Waals surface area contributed by atoms with Crippen molar-refractivity contribution in [2.45, 2.75) is 17.2 Å². The van der Waals surface area contributed by atoms with Crippen molar-refractivity contribution in [3.05, 3.63) is 59.7 Å². The van der Waals surface area contributed by atoms with Gasteiger partial charge in [-0.15, -0.1) is 11.8 Å². The molecule has 3 nitrogen and oxygen atoms in total. The minimum absolute atomic E-state index is 0.378. The molecule has 0 saturated heterocycles. The van der Waals surface area contributed by atoms with Gasteiger partial charge in [0, 0.05) is 16.6 Å². The highest BCUT2D eigenvalue weighted by molar-refractivity contribution is 7.99. The Kier molecular flexibility index (Phi) is 4.15. The van der Waals surface area contributed by atoms with Crippen LogP contribution in [0.2, 0.25) is 0 Å². The van der Waals surface area contributed by atoms with E-state index < -0.39 is 5.97 Å². The van der Waals surface area contributed by atoms with Gasteiger partial charge >= 0.3 is 5.97 Å². The molecule has 2 aromatic carbocycles. The fraction of sp³-hybridized carbons (Fsp3) is 0.235.